The van der Waals surface area contributed by atoms with Gasteiger partial charge in [0.25, 0.3) is 0 Å². The first-order chi connectivity index (χ1) is 14.6. The predicted molar refractivity (Wildman–Crippen MR) is 118 cm³/mol. The fourth-order valence-corrected chi connectivity index (χ4v) is 4.49. The molecule has 1 atom stereocenters. The van der Waals surface area contributed by atoms with Gasteiger partial charge in [0.05, 0.1) is 4.90 Å². The van der Waals surface area contributed by atoms with Gasteiger partial charge in [-0.2, -0.15) is 4.72 Å². The number of hydrogen-bond acceptors (Lipinski definition) is 6. The van der Waals surface area contributed by atoms with Crippen molar-refractivity contribution < 1.29 is 22.4 Å². The molecule has 0 unspecified atom stereocenters. The quantitative estimate of drug-likeness (QED) is 0.340. The molecule has 8 heteroatoms. The molecule has 0 radical (unpaired) electrons. The molecule has 0 aliphatic heterocycles. The van der Waals surface area contributed by atoms with Crippen LogP contribution < -0.4 is 15.1 Å². The average Bonchev–Trinajstić information content (AvgIpc) is 2.71. The normalized spacial score (nSPS) is 12.8. The maximum atomic E-state index is 12.8. The van der Waals surface area contributed by atoms with Crippen molar-refractivity contribution >= 4 is 27.0 Å². The van der Waals surface area contributed by atoms with Crippen LogP contribution in [-0.2, 0) is 21.2 Å². The molecule has 0 saturated carbocycles. The Morgan fingerprint density at radius 1 is 1.10 bits per heavy atom. The third-order valence-corrected chi connectivity index (χ3v) is 6.39. The average molecular weight is 444 g/mol. The molecule has 1 aromatic heterocycles. The molecule has 0 spiro atoms. The Kier molecular flexibility index (Phi) is 6.62. The van der Waals surface area contributed by atoms with E-state index in [0.717, 1.165) is 16.5 Å². The number of carbonyl (C=O) groups excluding carboxylic acids is 1. The highest BCUT2D eigenvalue weighted by Crippen LogP contribution is 2.24. The van der Waals surface area contributed by atoms with Gasteiger partial charge in [0.15, 0.2) is 0 Å². The number of esters is 1. The van der Waals surface area contributed by atoms with Crippen molar-refractivity contribution in [3.05, 3.63) is 70.1 Å². The summed E-state index contributed by atoms with van der Waals surface area (Å²) in [5.41, 5.74) is 1.57. The van der Waals surface area contributed by atoms with E-state index in [9.17, 15) is 18.0 Å². The molecule has 0 saturated heterocycles. The Morgan fingerprint density at radius 2 is 1.77 bits per heavy atom. The van der Waals surface area contributed by atoms with Crippen LogP contribution in [-0.4, -0.2) is 20.4 Å². The van der Waals surface area contributed by atoms with Crippen molar-refractivity contribution in [3.8, 4) is 5.75 Å². The summed E-state index contributed by atoms with van der Waals surface area (Å²) in [6.45, 7) is 7.22. The highest BCUT2D eigenvalue weighted by atomic mass is 32.2. The van der Waals surface area contributed by atoms with E-state index in [1.54, 1.807) is 38.1 Å². The monoisotopic (exact) mass is 443 g/mol. The fraction of sp³-hybridized carbons (Fsp3) is 0.304. The molecular formula is C23H25NO6S. The Balaban J connectivity index is 1.85. The summed E-state index contributed by atoms with van der Waals surface area (Å²) < 4.78 is 38.6. The minimum absolute atomic E-state index is 0.0659. The molecule has 31 heavy (non-hydrogen) atoms. The summed E-state index contributed by atoms with van der Waals surface area (Å²) in [6.07, 6.45) is 0.650. The molecule has 1 heterocycles. The lowest BCUT2D eigenvalue weighted by atomic mass is 10.1. The summed E-state index contributed by atoms with van der Waals surface area (Å²) >= 11 is 0. The summed E-state index contributed by atoms with van der Waals surface area (Å²) in [5, 5.41) is 0.752. The molecule has 3 aromatic rings. The van der Waals surface area contributed by atoms with Gasteiger partial charge in [-0.3, -0.25) is 0 Å². The van der Waals surface area contributed by atoms with E-state index in [1.165, 1.54) is 24.3 Å². The predicted octanol–water partition coefficient (Wildman–Crippen LogP) is 3.57. The molecule has 0 fully saturated rings. The SMILES string of the molecule is CCc1cc(=O)oc2cc(OC(=O)[C@@H](NS(=O)(=O)c3ccc(C)cc3)C(C)C)ccc12. The number of hydrogen-bond donors (Lipinski definition) is 1. The smallest absolute Gasteiger partial charge is 0.336 e. The fourth-order valence-electron chi connectivity index (χ4n) is 3.15. The van der Waals surface area contributed by atoms with Crippen molar-refractivity contribution in [3.63, 3.8) is 0 Å². The number of fused-ring (bicyclic) bond motifs is 1. The van der Waals surface area contributed by atoms with Gasteiger partial charge >= 0.3 is 11.6 Å². The van der Waals surface area contributed by atoms with Gasteiger partial charge in [-0.25, -0.2) is 18.0 Å². The van der Waals surface area contributed by atoms with Crippen molar-refractivity contribution in [2.24, 2.45) is 5.92 Å². The standard InChI is InChI=1S/C23H25NO6S/c1-5-16-12-21(25)30-20-13-17(8-11-19(16)20)29-23(26)22(14(2)3)24-31(27,28)18-9-6-15(4)7-10-18/h6-14,22,24H,5H2,1-4H3/t22-/m0/s1. The maximum absolute atomic E-state index is 12.8. The van der Waals surface area contributed by atoms with Crippen LogP contribution in [0.2, 0.25) is 0 Å². The van der Waals surface area contributed by atoms with Gasteiger partial charge in [0, 0.05) is 17.5 Å². The van der Waals surface area contributed by atoms with E-state index in [4.69, 9.17) is 9.15 Å². The molecule has 2 aromatic carbocycles. The van der Waals surface area contributed by atoms with Crippen molar-refractivity contribution in [2.45, 2.75) is 45.1 Å². The van der Waals surface area contributed by atoms with Gasteiger partial charge in [-0.15, -0.1) is 0 Å². The molecule has 164 valence electrons. The van der Waals surface area contributed by atoms with E-state index in [2.05, 4.69) is 4.72 Å². The van der Waals surface area contributed by atoms with Gasteiger partial charge in [-0.1, -0.05) is 38.5 Å². The Labute approximate surface area is 181 Å². The summed E-state index contributed by atoms with van der Waals surface area (Å²) in [4.78, 5) is 24.6. The molecule has 0 aliphatic rings. The Hall–Kier alpha value is -2.97. The highest BCUT2D eigenvalue weighted by molar-refractivity contribution is 7.89. The van der Waals surface area contributed by atoms with Crippen molar-refractivity contribution in [2.75, 3.05) is 0 Å². The second kappa shape index (κ2) is 9.03. The molecule has 1 N–H and O–H groups in total. The number of rotatable bonds is 7. The van der Waals surface area contributed by atoms with Crippen LogP contribution in [0, 0.1) is 12.8 Å². The van der Waals surface area contributed by atoms with Crippen LogP contribution in [0.5, 0.6) is 5.75 Å². The van der Waals surface area contributed by atoms with Crippen LogP contribution >= 0.6 is 0 Å². The molecule has 0 amide bonds. The summed E-state index contributed by atoms with van der Waals surface area (Å²) in [7, 11) is -3.92. The van der Waals surface area contributed by atoms with Crippen molar-refractivity contribution in [1.29, 1.82) is 0 Å². The third-order valence-electron chi connectivity index (χ3n) is 4.94. The number of carbonyl (C=O) groups is 1. The minimum Gasteiger partial charge on any atom is -0.425 e. The largest absolute Gasteiger partial charge is 0.425 e. The van der Waals surface area contributed by atoms with Gasteiger partial charge < -0.3 is 9.15 Å². The lowest BCUT2D eigenvalue weighted by Gasteiger charge is -2.21. The van der Waals surface area contributed by atoms with E-state index in [0.29, 0.717) is 12.0 Å². The molecule has 7 nitrogen and oxygen atoms in total. The zero-order valence-corrected chi connectivity index (χ0v) is 18.7. The zero-order chi connectivity index (χ0) is 22.8. The number of sulfonamides is 1. The molecule has 0 aliphatic carbocycles. The second-order valence-electron chi connectivity index (χ2n) is 7.68. The Morgan fingerprint density at radius 3 is 2.39 bits per heavy atom. The number of benzene rings is 2. The molecular weight excluding hydrogens is 418 g/mol. The van der Waals surface area contributed by atoms with Crippen LogP contribution in [0.1, 0.15) is 31.9 Å². The lowest BCUT2D eigenvalue weighted by molar-refractivity contribution is -0.137. The molecule has 0 bridgehead atoms. The first-order valence-corrected chi connectivity index (χ1v) is 11.5. The van der Waals surface area contributed by atoms with Gasteiger partial charge in [0.2, 0.25) is 10.0 Å². The van der Waals surface area contributed by atoms with Gasteiger partial charge in [0.1, 0.15) is 17.4 Å². The van der Waals surface area contributed by atoms with Crippen LogP contribution in [0.25, 0.3) is 11.0 Å². The third kappa shape index (κ3) is 5.21. The zero-order valence-electron chi connectivity index (χ0n) is 17.8. The van der Waals surface area contributed by atoms with Crippen LogP contribution in [0.3, 0.4) is 0 Å². The number of ether oxygens (including phenoxy) is 1. The van der Waals surface area contributed by atoms with Crippen molar-refractivity contribution in [1.82, 2.24) is 4.72 Å². The van der Waals surface area contributed by atoms with E-state index >= 15 is 0 Å². The summed E-state index contributed by atoms with van der Waals surface area (Å²) in [5.74, 6) is -0.953. The first kappa shape index (κ1) is 22.7. The van der Waals surface area contributed by atoms with E-state index in [-0.39, 0.29) is 16.6 Å². The van der Waals surface area contributed by atoms with E-state index in [1.807, 2.05) is 13.8 Å². The van der Waals surface area contributed by atoms with Crippen LogP contribution in [0.15, 0.2) is 62.6 Å². The topological polar surface area (TPSA) is 103 Å². The summed E-state index contributed by atoms with van der Waals surface area (Å²) in [6, 6.07) is 11.4. The highest BCUT2D eigenvalue weighted by Gasteiger charge is 2.30. The van der Waals surface area contributed by atoms with Crippen LogP contribution in [0.4, 0.5) is 0 Å². The second-order valence-corrected chi connectivity index (χ2v) is 9.39. The number of nitrogens with one attached hydrogen (secondary N) is 1. The minimum atomic E-state index is -3.92. The first-order valence-electron chi connectivity index (χ1n) is 9.98. The lowest BCUT2D eigenvalue weighted by Crippen LogP contribution is -2.46. The maximum Gasteiger partial charge on any atom is 0.336 e. The van der Waals surface area contributed by atoms with Gasteiger partial charge in [-0.05, 0) is 49.1 Å². The number of aryl methyl sites for hydroxylation is 2. The van der Waals surface area contributed by atoms with E-state index < -0.39 is 27.7 Å². The molecule has 3 rings (SSSR count). The Bertz CT molecular complexity index is 1260.